The molecule has 0 radical (unpaired) electrons. The van der Waals surface area contributed by atoms with Gasteiger partial charge in [0.05, 0.1) is 18.4 Å². The maximum atomic E-state index is 12.5. The van der Waals surface area contributed by atoms with Gasteiger partial charge in [-0.15, -0.1) is 0 Å². The highest BCUT2D eigenvalue weighted by molar-refractivity contribution is 5.20. The van der Waals surface area contributed by atoms with E-state index in [1.807, 2.05) is 0 Å². The fourth-order valence-electron chi connectivity index (χ4n) is 4.07. The van der Waals surface area contributed by atoms with Gasteiger partial charge < -0.3 is 0 Å². The zero-order valence-electron chi connectivity index (χ0n) is 15.2. The first-order valence-electron chi connectivity index (χ1n) is 9.46. The number of rotatable bonds is 4. The second-order valence-electron chi connectivity index (χ2n) is 7.44. The van der Waals surface area contributed by atoms with E-state index in [0.717, 1.165) is 61.9 Å². The number of likely N-dealkylation sites (tertiary alicyclic amines) is 1. The lowest BCUT2D eigenvalue weighted by Crippen LogP contribution is -2.37. The van der Waals surface area contributed by atoms with Gasteiger partial charge in [0.2, 0.25) is 0 Å². The van der Waals surface area contributed by atoms with Crippen LogP contribution in [-0.4, -0.2) is 37.0 Å². The first-order valence-corrected chi connectivity index (χ1v) is 9.46. The predicted octanol–water partition coefficient (Wildman–Crippen LogP) is 0.880. The molecule has 1 saturated heterocycles. The number of fused-ring (bicyclic) bond motifs is 1. The van der Waals surface area contributed by atoms with Crippen molar-refractivity contribution in [2.24, 2.45) is 7.05 Å². The Hall–Kier alpha value is -2.28. The van der Waals surface area contributed by atoms with Crippen LogP contribution in [-0.2, 0) is 33.0 Å². The average Bonchev–Trinajstić information content (AvgIpc) is 3.05. The molecule has 1 unspecified atom stereocenters. The van der Waals surface area contributed by atoms with Gasteiger partial charge in [-0.2, -0.15) is 10.2 Å². The van der Waals surface area contributed by atoms with Crippen molar-refractivity contribution in [3.8, 4) is 0 Å². The first-order chi connectivity index (χ1) is 12.6. The third-order valence-electron chi connectivity index (χ3n) is 5.57. The van der Waals surface area contributed by atoms with Gasteiger partial charge in [-0.25, -0.2) is 9.36 Å². The van der Waals surface area contributed by atoms with E-state index in [9.17, 15) is 9.59 Å². The van der Waals surface area contributed by atoms with E-state index in [0.29, 0.717) is 13.1 Å². The van der Waals surface area contributed by atoms with E-state index in [-0.39, 0.29) is 17.2 Å². The number of hydrogen-bond donors (Lipinski definition) is 0. The number of nitrogens with zero attached hydrogens (tertiary/aromatic N) is 5. The maximum Gasteiger partial charge on any atom is 0.267 e. The van der Waals surface area contributed by atoms with Gasteiger partial charge in [-0.05, 0) is 56.2 Å². The zero-order valence-corrected chi connectivity index (χ0v) is 15.2. The van der Waals surface area contributed by atoms with Gasteiger partial charge in [0.25, 0.3) is 11.1 Å². The topological polar surface area (TPSA) is 73.0 Å². The molecule has 0 saturated carbocycles. The largest absolute Gasteiger partial charge is 0.294 e. The summed E-state index contributed by atoms with van der Waals surface area (Å²) in [5, 5.41) is 8.76. The third-order valence-corrected chi connectivity index (χ3v) is 5.57. The van der Waals surface area contributed by atoms with Crippen LogP contribution in [0.25, 0.3) is 0 Å². The molecule has 0 amide bonds. The van der Waals surface area contributed by atoms with E-state index in [2.05, 4.69) is 15.1 Å². The summed E-state index contributed by atoms with van der Waals surface area (Å²) in [4.78, 5) is 26.6. The van der Waals surface area contributed by atoms with Crippen LogP contribution in [0.1, 0.15) is 42.5 Å². The van der Waals surface area contributed by atoms with Crippen LogP contribution < -0.4 is 11.1 Å². The molecule has 26 heavy (non-hydrogen) atoms. The molecule has 0 N–H and O–H groups in total. The van der Waals surface area contributed by atoms with Crippen LogP contribution in [0.4, 0.5) is 0 Å². The van der Waals surface area contributed by atoms with E-state index in [1.165, 1.54) is 4.68 Å². The molecule has 1 aliphatic heterocycles. The minimum absolute atomic E-state index is 0.00717. The van der Waals surface area contributed by atoms with Crippen molar-refractivity contribution in [3.63, 3.8) is 0 Å². The molecule has 1 aliphatic carbocycles. The summed E-state index contributed by atoms with van der Waals surface area (Å²) in [5.41, 5.74) is 3.06. The summed E-state index contributed by atoms with van der Waals surface area (Å²) in [5.74, 6) is 0. The van der Waals surface area contributed by atoms with Gasteiger partial charge in [-0.3, -0.25) is 14.5 Å². The minimum atomic E-state index is -0.0918. The Morgan fingerprint density at radius 2 is 1.96 bits per heavy atom. The number of hydrogen-bond acceptors (Lipinski definition) is 5. The zero-order chi connectivity index (χ0) is 18.1. The molecule has 0 bridgehead atoms. The molecule has 3 heterocycles. The fraction of sp³-hybridized carbons (Fsp3) is 0.579. The first kappa shape index (κ1) is 17.1. The van der Waals surface area contributed by atoms with Crippen LogP contribution in [0.3, 0.4) is 0 Å². The van der Waals surface area contributed by atoms with Gasteiger partial charge in [0.1, 0.15) is 0 Å². The van der Waals surface area contributed by atoms with E-state index in [1.54, 1.807) is 30.1 Å². The molecule has 1 fully saturated rings. The molecule has 2 aromatic rings. The smallest absolute Gasteiger partial charge is 0.267 e. The maximum absolute atomic E-state index is 12.5. The van der Waals surface area contributed by atoms with Crippen LogP contribution >= 0.6 is 0 Å². The molecule has 7 nitrogen and oxygen atoms in total. The highest BCUT2D eigenvalue weighted by Crippen LogP contribution is 2.21. The average molecular weight is 355 g/mol. The lowest BCUT2D eigenvalue weighted by atomic mass is 9.97. The Labute approximate surface area is 152 Å². The molecule has 2 aliphatic rings. The Kier molecular flexibility index (Phi) is 4.72. The quantitative estimate of drug-likeness (QED) is 0.814. The standard InChI is InChI=1S/C19H25N5O2/c1-22-18(25)9-14(11-20-22)12-23-8-4-6-16(23)13-24-19(26)10-15-5-2-3-7-17(15)21-24/h9-11,16H,2-8,12-13H2,1H3. The minimum Gasteiger partial charge on any atom is -0.294 e. The summed E-state index contributed by atoms with van der Waals surface area (Å²) in [6, 6.07) is 3.70. The molecule has 0 spiro atoms. The van der Waals surface area contributed by atoms with Crippen molar-refractivity contribution >= 4 is 0 Å². The van der Waals surface area contributed by atoms with Gasteiger partial charge in [0.15, 0.2) is 0 Å². The Morgan fingerprint density at radius 3 is 2.81 bits per heavy atom. The normalized spacial score (nSPS) is 20.3. The van der Waals surface area contributed by atoms with Crippen molar-refractivity contribution in [2.75, 3.05) is 6.54 Å². The molecule has 4 rings (SSSR count). The summed E-state index contributed by atoms with van der Waals surface area (Å²) in [6.07, 6.45) is 8.15. The summed E-state index contributed by atoms with van der Waals surface area (Å²) in [7, 11) is 1.65. The van der Waals surface area contributed by atoms with Crippen molar-refractivity contribution < 1.29 is 0 Å². The second kappa shape index (κ2) is 7.15. The Bertz CT molecular complexity index is 917. The monoisotopic (exact) mass is 355 g/mol. The van der Waals surface area contributed by atoms with E-state index < -0.39 is 0 Å². The van der Waals surface area contributed by atoms with E-state index in [4.69, 9.17) is 0 Å². The van der Waals surface area contributed by atoms with Gasteiger partial charge in [0, 0.05) is 31.8 Å². The van der Waals surface area contributed by atoms with Crippen molar-refractivity contribution in [3.05, 3.63) is 55.9 Å². The predicted molar refractivity (Wildman–Crippen MR) is 98.0 cm³/mol. The number of aromatic nitrogens is 4. The van der Waals surface area contributed by atoms with Gasteiger partial charge >= 0.3 is 0 Å². The van der Waals surface area contributed by atoms with Crippen LogP contribution in [0.2, 0.25) is 0 Å². The lowest BCUT2D eigenvalue weighted by Gasteiger charge is -2.25. The molecular formula is C19H25N5O2. The SMILES string of the molecule is Cn1ncc(CN2CCCC2Cn2nc3c(cc2=O)CCCC3)cc1=O. The Balaban J connectivity index is 1.51. The summed E-state index contributed by atoms with van der Waals surface area (Å²) >= 11 is 0. The highest BCUT2D eigenvalue weighted by atomic mass is 16.1. The molecule has 2 aromatic heterocycles. The molecule has 138 valence electrons. The summed E-state index contributed by atoms with van der Waals surface area (Å²) < 4.78 is 2.98. The third kappa shape index (κ3) is 3.49. The molecular weight excluding hydrogens is 330 g/mol. The van der Waals surface area contributed by atoms with Crippen LogP contribution in [0.5, 0.6) is 0 Å². The number of aryl methyl sites for hydroxylation is 3. The van der Waals surface area contributed by atoms with E-state index >= 15 is 0 Å². The fourth-order valence-corrected chi connectivity index (χ4v) is 4.07. The molecule has 7 heteroatoms. The second-order valence-corrected chi connectivity index (χ2v) is 7.44. The summed E-state index contributed by atoms with van der Waals surface area (Å²) in [6.45, 7) is 2.28. The van der Waals surface area contributed by atoms with Crippen molar-refractivity contribution in [1.29, 1.82) is 0 Å². The Morgan fingerprint density at radius 1 is 1.12 bits per heavy atom. The lowest BCUT2D eigenvalue weighted by molar-refractivity contribution is 0.215. The van der Waals surface area contributed by atoms with Crippen molar-refractivity contribution in [1.82, 2.24) is 24.5 Å². The molecule has 1 atom stereocenters. The highest BCUT2D eigenvalue weighted by Gasteiger charge is 2.26. The van der Waals surface area contributed by atoms with Crippen molar-refractivity contribution in [2.45, 2.75) is 57.7 Å². The van der Waals surface area contributed by atoms with Crippen LogP contribution in [0, 0.1) is 0 Å². The van der Waals surface area contributed by atoms with Gasteiger partial charge in [-0.1, -0.05) is 0 Å². The van der Waals surface area contributed by atoms with Crippen LogP contribution in [0.15, 0.2) is 27.9 Å². The molecule has 0 aromatic carbocycles.